The van der Waals surface area contributed by atoms with Crippen LogP contribution in [0.3, 0.4) is 0 Å². The zero-order valence-electron chi connectivity index (χ0n) is 18.7. The summed E-state index contributed by atoms with van der Waals surface area (Å²) >= 11 is 1.25. The second kappa shape index (κ2) is 10.8. The molecule has 1 amide bonds. The number of methoxy groups -OCH3 is 1. The third-order valence-corrected chi connectivity index (χ3v) is 5.83. The molecule has 0 aliphatic heterocycles. The lowest BCUT2D eigenvalue weighted by Gasteiger charge is -2.17. The number of rotatable bonds is 9. The minimum atomic E-state index is -0.427. The predicted molar refractivity (Wildman–Crippen MR) is 131 cm³/mol. The Hall–Kier alpha value is -3.98. The Morgan fingerprint density at radius 1 is 1.03 bits per heavy atom. The fourth-order valence-electron chi connectivity index (χ4n) is 3.28. The minimum Gasteiger partial charge on any atom is -0.506 e. The van der Waals surface area contributed by atoms with Crippen molar-refractivity contribution >= 4 is 23.4 Å². The van der Waals surface area contributed by atoms with Crippen molar-refractivity contribution in [3.63, 3.8) is 0 Å². The quantitative estimate of drug-likeness (QED) is 0.263. The SMILES string of the molecule is COc1cccc(OC(C)c2nnc(SCC(=O)Nc3ccccc3O)n2-c2ccccc2)c1. The van der Waals surface area contributed by atoms with Gasteiger partial charge in [-0.2, -0.15) is 0 Å². The van der Waals surface area contributed by atoms with Gasteiger partial charge < -0.3 is 19.9 Å². The van der Waals surface area contributed by atoms with Gasteiger partial charge in [-0.1, -0.05) is 48.2 Å². The zero-order chi connectivity index (χ0) is 23.9. The Kier molecular flexibility index (Phi) is 7.34. The van der Waals surface area contributed by atoms with E-state index in [9.17, 15) is 9.90 Å². The molecule has 1 atom stereocenters. The number of hydrogen-bond acceptors (Lipinski definition) is 7. The fraction of sp³-hybridized carbons (Fsp3) is 0.160. The van der Waals surface area contributed by atoms with Crippen LogP contribution in [0.2, 0.25) is 0 Å². The molecule has 0 aliphatic carbocycles. The summed E-state index contributed by atoms with van der Waals surface area (Å²) in [5.41, 5.74) is 1.21. The lowest BCUT2D eigenvalue weighted by Crippen LogP contribution is -2.15. The number of phenolic OH excluding ortho intramolecular Hbond substituents is 1. The molecule has 4 rings (SSSR count). The van der Waals surface area contributed by atoms with E-state index in [2.05, 4.69) is 15.5 Å². The molecule has 1 unspecified atom stereocenters. The summed E-state index contributed by atoms with van der Waals surface area (Å²) in [4.78, 5) is 12.5. The van der Waals surface area contributed by atoms with Gasteiger partial charge >= 0.3 is 0 Å². The molecule has 0 bridgehead atoms. The van der Waals surface area contributed by atoms with Crippen molar-refractivity contribution in [3.05, 3.63) is 84.7 Å². The van der Waals surface area contributed by atoms with Gasteiger partial charge in [-0.3, -0.25) is 9.36 Å². The summed E-state index contributed by atoms with van der Waals surface area (Å²) in [5, 5.41) is 21.8. The Labute approximate surface area is 201 Å². The summed E-state index contributed by atoms with van der Waals surface area (Å²) in [6.45, 7) is 1.89. The van der Waals surface area contributed by atoms with Gasteiger partial charge in [-0.15, -0.1) is 10.2 Å². The van der Waals surface area contributed by atoms with Crippen LogP contribution >= 0.6 is 11.8 Å². The number of carbonyl (C=O) groups is 1. The molecule has 0 fully saturated rings. The van der Waals surface area contributed by atoms with E-state index < -0.39 is 6.10 Å². The maximum absolute atomic E-state index is 12.5. The highest BCUT2D eigenvalue weighted by atomic mass is 32.2. The van der Waals surface area contributed by atoms with Crippen molar-refractivity contribution < 1.29 is 19.4 Å². The fourth-order valence-corrected chi connectivity index (χ4v) is 4.04. The Morgan fingerprint density at radius 3 is 2.53 bits per heavy atom. The standard InChI is InChI=1S/C25H24N4O4S/c1-17(33-20-12-8-11-19(15-20)32-2)24-27-28-25(29(24)18-9-4-3-5-10-18)34-16-23(31)26-21-13-6-7-14-22(21)30/h3-15,17,30H,16H2,1-2H3,(H,26,31). The normalized spacial score (nSPS) is 11.6. The number of hydrogen-bond donors (Lipinski definition) is 2. The Bertz CT molecular complexity index is 1260. The molecule has 34 heavy (non-hydrogen) atoms. The van der Waals surface area contributed by atoms with Gasteiger partial charge in [-0.05, 0) is 43.3 Å². The van der Waals surface area contributed by atoms with Crippen LogP contribution in [0.25, 0.3) is 5.69 Å². The minimum absolute atomic E-state index is 0.0131. The first-order chi connectivity index (χ1) is 16.5. The molecule has 0 radical (unpaired) electrons. The maximum Gasteiger partial charge on any atom is 0.234 e. The molecular weight excluding hydrogens is 452 g/mol. The van der Waals surface area contributed by atoms with Gasteiger partial charge in [0.1, 0.15) is 17.2 Å². The predicted octanol–water partition coefficient (Wildman–Crippen LogP) is 4.85. The topological polar surface area (TPSA) is 98.5 Å². The second-order valence-electron chi connectivity index (χ2n) is 7.30. The van der Waals surface area contributed by atoms with Crippen molar-refractivity contribution in [1.29, 1.82) is 0 Å². The van der Waals surface area contributed by atoms with Gasteiger partial charge in [0.25, 0.3) is 0 Å². The van der Waals surface area contributed by atoms with E-state index in [1.54, 1.807) is 31.4 Å². The van der Waals surface area contributed by atoms with Gasteiger partial charge in [-0.25, -0.2) is 0 Å². The smallest absolute Gasteiger partial charge is 0.234 e. The van der Waals surface area contributed by atoms with E-state index in [1.807, 2.05) is 60.0 Å². The molecule has 0 saturated heterocycles. The van der Waals surface area contributed by atoms with E-state index in [0.717, 1.165) is 5.69 Å². The number of phenols is 1. The number of carbonyl (C=O) groups excluding carboxylic acids is 1. The number of anilines is 1. The molecule has 3 aromatic carbocycles. The lowest BCUT2D eigenvalue weighted by molar-refractivity contribution is -0.113. The van der Waals surface area contributed by atoms with Gasteiger partial charge in [0.15, 0.2) is 17.1 Å². The summed E-state index contributed by atoms with van der Waals surface area (Å²) in [6.07, 6.45) is -0.427. The first-order valence-electron chi connectivity index (χ1n) is 10.6. The molecule has 0 aliphatic rings. The van der Waals surface area contributed by atoms with Crippen molar-refractivity contribution in [1.82, 2.24) is 14.8 Å². The van der Waals surface area contributed by atoms with Crippen molar-refractivity contribution in [2.45, 2.75) is 18.2 Å². The van der Waals surface area contributed by atoms with Crippen molar-refractivity contribution in [2.75, 3.05) is 18.2 Å². The van der Waals surface area contributed by atoms with Crippen LogP contribution in [0.5, 0.6) is 17.2 Å². The molecule has 1 aromatic heterocycles. The van der Waals surface area contributed by atoms with Crippen molar-refractivity contribution in [2.24, 2.45) is 0 Å². The number of aromatic hydroxyl groups is 1. The Morgan fingerprint density at radius 2 is 1.76 bits per heavy atom. The summed E-state index contributed by atoms with van der Waals surface area (Å²) in [7, 11) is 1.60. The lowest BCUT2D eigenvalue weighted by atomic mass is 10.3. The first kappa shape index (κ1) is 23.2. The average Bonchev–Trinajstić information content (AvgIpc) is 3.29. The highest BCUT2D eigenvalue weighted by molar-refractivity contribution is 7.99. The number of para-hydroxylation sites is 3. The van der Waals surface area contributed by atoms with Gasteiger partial charge in [0, 0.05) is 11.8 Å². The Balaban J connectivity index is 1.54. The summed E-state index contributed by atoms with van der Waals surface area (Å²) in [6, 6.07) is 23.6. The van der Waals surface area contributed by atoms with E-state index >= 15 is 0 Å². The first-order valence-corrected chi connectivity index (χ1v) is 11.6. The maximum atomic E-state index is 12.5. The molecule has 0 saturated carbocycles. The molecule has 4 aromatic rings. The monoisotopic (exact) mass is 476 g/mol. The van der Waals surface area contributed by atoms with Crippen LogP contribution in [0.4, 0.5) is 5.69 Å². The number of aromatic nitrogens is 3. The number of thioether (sulfide) groups is 1. The molecule has 8 nitrogen and oxygen atoms in total. The number of benzene rings is 3. The van der Waals surface area contributed by atoms with E-state index in [1.165, 1.54) is 17.8 Å². The molecule has 0 spiro atoms. The second-order valence-corrected chi connectivity index (χ2v) is 8.25. The van der Waals surface area contributed by atoms with Crippen LogP contribution in [0.1, 0.15) is 18.9 Å². The third kappa shape index (κ3) is 5.49. The van der Waals surface area contributed by atoms with E-state index in [-0.39, 0.29) is 17.4 Å². The van der Waals surface area contributed by atoms with Crippen LogP contribution in [0, 0.1) is 0 Å². The van der Waals surface area contributed by atoms with Crippen molar-refractivity contribution in [3.8, 4) is 22.9 Å². The largest absolute Gasteiger partial charge is 0.506 e. The zero-order valence-corrected chi connectivity index (χ0v) is 19.5. The molecule has 174 valence electrons. The van der Waals surface area contributed by atoms with Crippen LogP contribution in [-0.4, -0.2) is 38.6 Å². The number of nitrogens with zero attached hydrogens (tertiary/aromatic N) is 3. The van der Waals surface area contributed by atoms with Gasteiger partial charge in [0.05, 0.1) is 18.6 Å². The van der Waals surface area contributed by atoms with Gasteiger partial charge in [0.2, 0.25) is 5.91 Å². The molecule has 2 N–H and O–H groups in total. The van der Waals surface area contributed by atoms with E-state index in [4.69, 9.17) is 9.47 Å². The molecule has 1 heterocycles. The summed E-state index contributed by atoms with van der Waals surface area (Å²) in [5.74, 6) is 1.77. The average molecular weight is 477 g/mol. The number of ether oxygens (including phenoxy) is 2. The molecular formula is C25H24N4O4S. The van der Waals surface area contributed by atoms with Crippen LogP contribution < -0.4 is 14.8 Å². The third-order valence-electron chi connectivity index (χ3n) is 4.90. The van der Waals surface area contributed by atoms with Crippen LogP contribution in [-0.2, 0) is 4.79 Å². The number of nitrogens with one attached hydrogen (secondary N) is 1. The summed E-state index contributed by atoms with van der Waals surface area (Å²) < 4.78 is 13.3. The number of amides is 1. The highest BCUT2D eigenvalue weighted by Crippen LogP contribution is 2.29. The molecule has 9 heteroatoms. The van der Waals surface area contributed by atoms with Crippen LogP contribution in [0.15, 0.2) is 84.0 Å². The highest BCUT2D eigenvalue weighted by Gasteiger charge is 2.22. The van der Waals surface area contributed by atoms with E-state index in [0.29, 0.717) is 28.2 Å².